The molecule has 6 aromatic carbocycles. The van der Waals surface area contributed by atoms with Crippen LogP contribution in [0.15, 0.2) is 127 Å². The lowest BCUT2D eigenvalue weighted by molar-refractivity contribution is -0.304. The van der Waals surface area contributed by atoms with Crippen LogP contribution in [0, 0.1) is 20.8 Å². The number of aliphatic carboxylic acids is 6. The maximum atomic E-state index is 12.7. The highest BCUT2D eigenvalue weighted by Crippen LogP contribution is 2.21. The molecule has 0 radical (unpaired) electrons. The highest BCUT2D eigenvalue weighted by molar-refractivity contribution is 6.11. The highest BCUT2D eigenvalue weighted by Gasteiger charge is 2.17. The van der Waals surface area contributed by atoms with Crippen LogP contribution in [-0.4, -0.2) is 97.2 Å². The zero-order valence-electron chi connectivity index (χ0n) is 41.6. The molecule has 410 valence electrons. The van der Waals surface area contributed by atoms with Crippen LogP contribution in [0.3, 0.4) is 0 Å². The third-order valence-electron chi connectivity index (χ3n) is 9.87. The lowest BCUT2D eigenvalue weighted by Crippen LogP contribution is -2.24. The van der Waals surface area contributed by atoms with E-state index in [0.29, 0.717) is 61.2 Å². The van der Waals surface area contributed by atoms with E-state index in [1.54, 1.807) is 60.7 Å². The number of hydrogen-bond acceptors (Lipinski definition) is 16. The molecule has 6 rings (SSSR count). The number of benzene rings is 6. The van der Waals surface area contributed by atoms with Crippen molar-refractivity contribution < 1.29 is 103 Å². The second-order valence-electron chi connectivity index (χ2n) is 16.4. The van der Waals surface area contributed by atoms with Gasteiger partial charge >= 0.3 is 48.3 Å². The van der Waals surface area contributed by atoms with Gasteiger partial charge in [-0.3, -0.25) is 38.4 Å². The van der Waals surface area contributed by atoms with Crippen molar-refractivity contribution in [2.24, 2.45) is 0 Å². The Morgan fingerprint density at radius 3 is 0.873 bits per heavy atom. The molecular formula is C58H51O21-. The summed E-state index contributed by atoms with van der Waals surface area (Å²) in [6.07, 6.45) is -0.956. The summed E-state index contributed by atoms with van der Waals surface area (Å²) in [5, 5.41) is 55.4. The Kier molecular flexibility index (Phi) is 30.7. The van der Waals surface area contributed by atoms with Gasteiger partial charge in [-0.25, -0.2) is 0 Å². The molecule has 21 heteroatoms. The Morgan fingerprint density at radius 1 is 0.329 bits per heavy atom. The first-order chi connectivity index (χ1) is 36.8. The first-order valence-corrected chi connectivity index (χ1v) is 22.3. The quantitative estimate of drug-likeness (QED) is 0.0707. The van der Waals surface area contributed by atoms with E-state index >= 15 is 0 Å². The number of carbonyl (C=O) groups is 9. The lowest BCUT2D eigenvalue weighted by atomic mass is 9.95. The summed E-state index contributed by atoms with van der Waals surface area (Å²) in [7, 11) is 0. The van der Waals surface area contributed by atoms with Crippen molar-refractivity contribution in [3.63, 3.8) is 0 Å². The highest BCUT2D eigenvalue weighted by atomic mass is 16.4. The molecule has 0 atom stereocenters. The zero-order chi connectivity index (χ0) is 59.1. The summed E-state index contributed by atoms with van der Waals surface area (Å²) >= 11 is 0. The average Bonchev–Trinajstić information content (AvgIpc) is 3.33. The summed E-state index contributed by atoms with van der Waals surface area (Å²) in [4.78, 5) is 152. The number of carboxylic acid groups (broad SMARTS) is 6. The summed E-state index contributed by atoms with van der Waals surface area (Å²) < 4.78 is 0. The number of aryl methyl sites for hydroxylation is 3. The van der Waals surface area contributed by atoms with Crippen LogP contribution in [0.1, 0.15) is 105 Å². The number of rotatable bonds is 18. The van der Waals surface area contributed by atoms with Gasteiger partial charge in [0.1, 0.15) is 0 Å². The van der Waals surface area contributed by atoms with Crippen LogP contribution >= 0.6 is 0 Å². The largest absolute Gasteiger partial charge is 0.550 e. The van der Waals surface area contributed by atoms with Crippen molar-refractivity contribution in [2.75, 3.05) is 0 Å². The predicted molar refractivity (Wildman–Crippen MR) is 270 cm³/mol. The second-order valence-corrected chi connectivity index (χ2v) is 16.4. The van der Waals surface area contributed by atoms with Gasteiger partial charge in [0.15, 0.2) is 17.3 Å². The molecule has 0 amide bonds. The fourth-order valence-corrected chi connectivity index (χ4v) is 7.31. The fourth-order valence-electron chi connectivity index (χ4n) is 7.31. The van der Waals surface area contributed by atoms with Crippen molar-refractivity contribution in [1.82, 2.24) is 0 Å². The second kappa shape index (κ2) is 35.5. The van der Waals surface area contributed by atoms with Gasteiger partial charge in [0, 0.05) is 45.8 Å². The molecule has 21 nitrogen and oxygen atoms in total. The molecule has 0 aliphatic carbocycles. The Morgan fingerprint density at radius 2 is 0.582 bits per heavy atom. The van der Waals surface area contributed by atoms with E-state index in [4.69, 9.17) is 54.3 Å². The molecule has 0 fully saturated rings. The third kappa shape index (κ3) is 26.9. The minimum Gasteiger partial charge on any atom is -0.550 e. The molecule has 79 heavy (non-hydrogen) atoms. The summed E-state index contributed by atoms with van der Waals surface area (Å²) in [6.45, 7) is 5.65. The van der Waals surface area contributed by atoms with Gasteiger partial charge in [-0.05, 0) is 109 Å². The molecule has 6 aromatic rings. The monoisotopic (exact) mass is 1080 g/mol. The van der Waals surface area contributed by atoms with Crippen molar-refractivity contribution in [3.8, 4) is 0 Å². The number of carbonyl (C=O) groups excluding carboxylic acids is 10. The molecule has 0 spiro atoms. The van der Waals surface area contributed by atoms with Crippen LogP contribution < -0.4 is 5.11 Å². The fraction of sp³-hybridized carbons (Fsp3) is 0.172. The van der Waals surface area contributed by atoms with Crippen molar-refractivity contribution in [1.29, 1.82) is 0 Å². The molecule has 0 heterocycles. The molecule has 0 saturated heterocycles. The van der Waals surface area contributed by atoms with E-state index in [-0.39, 0.29) is 87.3 Å². The van der Waals surface area contributed by atoms with Gasteiger partial charge in [0.05, 0.1) is 32.1 Å². The van der Waals surface area contributed by atoms with Crippen LogP contribution in [0.25, 0.3) is 0 Å². The van der Waals surface area contributed by atoms with Gasteiger partial charge < -0.3 is 35.4 Å². The average molecular weight is 1080 g/mol. The van der Waals surface area contributed by atoms with Crippen molar-refractivity contribution in [3.05, 3.63) is 211 Å². The predicted octanol–water partition coefficient (Wildman–Crippen LogP) is 4.99. The maximum Gasteiger partial charge on any atom is 0.373 e. The Balaban J connectivity index is 0.00000107. The standard InChI is InChI=1S/C19H18O5.C18H16O5.C17H14O5.3CO2.CH4/c1-11-3-12(2)5-15(4-11)19(24)16-7-13(9-17(20)21)6-14(8-16)10-18(22)23;1-11-3-2-4-14(5-11)18(23)15-7-12(9-16(19)20)6-13(8-15)10-17(21)22;18-15(19)9-11-6-12(10-16(20)21)8-14(7-11)17(22)13-4-2-1-3-5-13;3*2-1-3;/h3-8H,9-10H2,1-2H3,(H,20,21)(H,22,23);2-8H,9-10H2,1H3,(H,19,20)(H,21,22);1-8H,9-10H2,(H,18,19)(H,20,21);;;;1H4/p-1. The summed E-state index contributed by atoms with van der Waals surface area (Å²) in [5.41, 5.74) is 7.50. The smallest absolute Gasteiger partial charge is 0.373 e. The summed E-state index contributed by atoms with van der Waals surface area (Å²) in [5.74, 6) is -7.27. The van der Waals surface area contributed by atoms with E-state index in [9.17, 15) is 48.3 Å². The number of hydrogen-bond donors (Lipinski definition) is 5. The van der Waals surface area contributed by atoms with Crippen LogP contribution in [0.4, 0.5) is 0 Å². The minimum absolute atomic E-state index is 0. The maximum absolute atomic E-state index is 12.7. The number of carboxylic acids is 6. The Bertz CT molecular complexity index is 3110. The van der Waals surface area contributed by atoms with Gasteiger partial charge in [-0.15, -0.1) is 0 Å². The first kappa shape index (κ1) is 68.3. The molecule has 0 aromatic heterocycles. The van der Waals surface area contributed by atoms with Crippen molar-refractivity contribution in [2.45, 2.75) is 66.7 Å². The van der Waals surface area contributed by atoms with Gasteiger partial charge in [-0.2, -0.15) is 28.8 Å². The lowest BCUT2D eigenvalue weighted by Gasteiger charge is -2.09. The van der Waals surface area contributed by atoms with E-state index in [2.05, 4.69) is 0 Å². The van der Waals surface area contributed by atoms with Gasteiger partial charge in [-0.1, -0.05) is 96.9 Å². The van der Waals surface area contributed by atoms with Gasteiger partial charge in [0.25, 0.3) is 0 Å². The van der Waals surface area contributed by atoms with E-state index < -0.39 is 35.8 Å². The van der Waals surface area contributed by atoms with Gasteiger partial charge in [0.2, 0.25) is 0 Å². The van der Waals surface area contributed by atoms with Crippen LogP contribution in [0.5, 0.6) is 0 Å². The van der Waals surface area contributed by atoms with E-state index in [1.807, 2.05) is 32.9 Å². The Labute approximate surface area is 450 Å². The van der Waals surface area contributed by atoms with E-state index in [1.165, 1.54) is 54.6 Å². The zero-order valence-corrected chi connectivity index (χ0v) is 41.6. The molecule has 0 saturated carbocycles. The minimum atomic E-state index is -1.29. The van der Waals surface area contributed by atoms with Crippen molar-refractivity contribution >= 4 is 71.6 Å². The summed E-state index contributed by atoms with van der Waals surface area (Å²) in [6, 6.07) is 34.5. The normalized spacial score (nSPS) is 9.30. The first-order valence-electron chi connectivity index (χ1n) is 22.3. The molecule has 0 bridgehead atoms. The molecule has 0 aliphatic rings. The molecule has 5 N–H and O–H groups in total. The van der Waals surface area contributed by atoms with E-state index in [0.717, 1.165) is 16.7 Å². The topological polar surface area (TPSA) is 380 Å². The molecule has 0 unspecified atom stereocenters. The van der Waals surface area contributed by atoms with Crippen LogP contribution in [0.2, 0.25) is 0 Å². The number of ketones is 3. The van der Waals surface area contributed by atoms with Crippen LogP contribution in [-0.2, 0) is 96.1 Å². The molecular weight excluding hydrogens is 1030 g/mol. The third-order valence-corrected chi connectivity index (χ3v) is 9.87. The Hall–Kier alpha value is -10.7. The SMILES string of the molecule is C.Cc1cc(C)cc(C(=O)c2cc(CC(=O)O)cc(CC(=O)O)c2)c1.Cc1cccc(C(=O)c2cc(CC(=O)O)cc(CC(=O)O)c2)c1.O=C([O-])Cc1cc(CC(=O)O)cc(C(=O)c2ccccc2)c1.O=C=O.O=C=O.O=C=O. The molecule has 0 aliphatic heterocycles.